The van der Waals surface area contributed by atoms with Crippen molar-refractivity contribution in [2.45, 2.75) is 19.9 Å². The van der Waals surface area contributed by atoms with E-state index in [0.717, 1.165) is 17.2 Å². The number of nitrogens with zero attached hydrogens (tertiary/aromatic N) is 4. The molecule has 3 aromatic rings. The Balaban J connectivity index is 1.50. The van der Waals surface area contributed by atoms with Crippen LogP contribution in [0, 0.1) is 17.0 Å². The molecule has 0 radical (unpaired) electrons. The van der Waals surface area contributed by atoms with Gasteiger partial charge < -0.3 is 10.6 Å². The Hall–Kier alpha value is -3.75. The van der Waals surface area contributed by atoms with Crippen LogP contribution in [0.15, 0.2) is 55.0 Å². The van der Waals surface area contributed by atoms with Gasteiger partial charge in [0.1, 0.15) is 17.3 Å². The summed E-state index contributed by atoms with van der Waals surface area (Å²) >= 11 is 0. The van der Waals surface area contributed by atoms with Crippen LogP contribution in [0.5, 0.6) is 0 Å². The third-order valence-corrected chi connectivity index (χ3v) is 4.14. The molecule has 0 spiro atoms. The van der Waals surface area contributed by atoms with Crippen LogP contribution in [0.3, 0.4) is 0 Å². The minimum Gasteiger partial charge on any atom is -0.379 e. The van der Waals surface area contributed by atoms with E-state index in [1.54, 1.807) is 30.6 Å². The number of rotatable bonds is 8. The van der Waals surface area contributed by atoms with Gasteiger partial charge in [-0.05, 0) is 30.7 Å². The van der Waals surface area contributed by atoms with Crippen LogP contribution in [-0.4, -0.2) is 31.9 Å². The second-order valence-electron chi connectivity index (χ2n) is 6.09. The number of pyridine rings is 1. The molecular formula is C19H20N6O3. The first-order valence-corrected chi connectivity index (χ1v) is 8.74. The molecule has 2 aromatic heterocycles. The highest BCUT2D eigenvalue weighted by Gasteiger charge is 2.12. The number of carbonyl (C=O) groups is 1. The van der Waals surface area contributed by atoms with Gasteiger partial charge in [0, 0.05) is 44.2 Å². The molecule has 0 aliphatic rings. The van der Waals surface area contributed by atoms with Gasteiger partial charge >= 0.3 is 0 Å². The lowest BCUT2D eigenvalue weighted by Crippen LogP contribution is -2.25. The van der Waals surface area contributed by atoms with Crippen molar-refractivity contribution in [1.82, 2.24) is 19.9 Å². The van der Waals surface area contributed by atoms with E-state index < -0.39 is 4.92 Å². The standard InChI is InChI=1S/C19H20N6O3/c1-14-20-10-11-24(14)18-12-15(6-8-22-18)13-23-19(26)7-9-21-16-4-2-3-5-17(16)25(27)28/h2-6,8,10-12,21H,7,9,13H2,1H3,(H,23,26). The van der Waals surface area contributed by atoms with Crippen molar-refractivity contribution in [2.75, 3.05) is 11.9 Å². The van der Waals surface area contributed by atoms with Crippen LogP contribution in [0.1, 0.15) is 17.8 Å². The van der Waals surface area contributed by atoms with Gasteiger partial charge in [-0.15, -0.1) is 0 Å². The molecule has 2 heterocycles. The molecule has 0 bridgehead atoms. The summed E-state index contributed by atoms with van der Waals surface area (Å²) in [5, 5.41) is 16.8. The monoisotopic (exact) mass is 380 g/mol. The maximum atomic E-state index is 12.1. The van der Waals surface area contributed by atoms with Crippen molar-refractivity contribution < 1.29 is 9.72 Å². The number of aryl methyl sites for hydroxylation is 1. The van der Waals surface area contributed by atoms with E-state index in [-0.39, 0.29) is 18.0 Å². The van der Waals surface area contributed by atoms with Gasteiger partial charge in [0.2, 0.25) is 5.91 Å². The number of amides is 1. The highest BCUT2D eigenvalue weighted by atomic mass is 16.6. The molecule has 0 saturated carbocycles. The molecule has 0 atom stereocenters. The van der Waals surface area contributed by atoms with Crippen LogP contribution < -0.4 is 10.6 Å². The summed E-state index contributed by atoms with van der Waals surface area (Å²) in [6.45, 7) is 2.56. The Labute approximate surface area is 161 Å². The van der Waals surface area contributed by atoms with Gasteiger partial charge in [-0.25, -0.2) is 9.97 Å². The molecule has 2 N–H and O–H groups in total. The Morgan fingerprint density at radius 2 is 2.04 bits per heavy atom. The molecule has 0 aliphatic carbocycles. The lowest BCUT2D eigenvalue weighted by Gasteiger charge is -2.09. The van der Waals surface area contributed by atoms with Gasteiger partial charge in [-0.2, -0.15) is 0 Å². The first-order valence-electron chi connectivity index (χ1n) is 8.74. The maximum Gasteiger partial charge on any atom is 0.292 e. The summed E-state index contributed by atoms with van der Waals surface area (Å²) in [6, 6.07) is 10.1. The number of hydrogen-bond donors (Lipinski definition) is 2. The molecular weight excluding hydrogens is 360 g/mol. The van der Waals surface area contributed by atoms with Crippen molar-refractivity contribution >= 4 is 17.3 Å². The highest BCUT2D eigenvalue weighted by Crippen LogP contribution is 2.22. The zero-order valence-electron chi connectivity index (χ0n) is 15.3. The first-order chi connectivity index (χ1) is 13.5. The number of nitrogens with one attached hydrogen (secondary N) is 2. The fourth-order valence-corrected chi connectivity index (χ4v) is 2.70. The van der Waals surface area contributed by atoms with Crippen LogP contribution in [0.2, 0.25) is 0 Å². The number of benzene rings is 1. The number of nitro groups is 1. The number of para-hydroxylation sites is 2. The van der Waals surface area contributed by atoms with Crippen LogP contribution >= 0.6 is 0 Å². The number of nitro benzene ring substituents is 1. The van der Waals surface area contributed by atoms with E-state index in [0.29, 0.717) is 18.8 Å². The quantitative estimate of drug-likeness (QED) is 0.458. The number of anilines is 1. The summed E-state index contributed by atoms with van der Waals surface area (Å²) in [5.41, 5.74) is 1.30. The Morgan fingerprint density at radius 1 is 1.21 bits per heavy atom. The summed E-state index contributed by atoms with van der Waals surface area (Å²) in [5.74, 6) is 1.41. The van der Waals surface area contributed by atoms with Gasteiger partial charge in [-0.3, -0.25) is 19.5 Å². The van der Waals surface area contributed by atoms with Crippen LogP contribution in [0.4, 0.5) is 11.4 Å². The largest absolute Gasteiger partial charge is 0.379 e. The average molecular weight is 380 g/mol. The van der Waals surface area contributed by atoms with Gasteiger partial charge in [0.25, 0.3) is 5.69 Å². The lowest BCUT2D eigenvalue weighted by molar-refractivity contribution is -0.384. The Bertz CT molecular complexity index is 985. The van der Waals surface area contributed by atoms with E-state index in [2.05, 4.69) is 20.6 Å². The van der Waals surface area contributed by atoms with Crippen molar-refractivity contribution in [2.24, 2.45) is 0 Å². The predicted molar refractivity (Wildman–Crippen MR) is 104 cm³/mol. The number of imidazole rings is 1. The SMILES string of the molecule is Cc1nccn1-c1cc(CNC(=O)CCNc2ccccc2[N+](=O)[O-])ccn1. The number of aromatic nitrogens is 3. The second kappa shape index (κ2) is 8.76. The van der Waals surface area contributed by atoms with E-state index in [4.69, 9.17) is 0 Å². The lowest BCUT2D eigenvalue weighted by atomic mass is 10.2. The average Bonchev–Trinajstić information content (AvgIpc) is 3.13. The molecule has 3 rings (SSSR count). The summed E-state index contributed by atoms with van der Waals surface area (Å²) in [7, 11) is 0. The molecule has 0 aliphatic heterocycles. The summed E-state index contributed by atoms with van der Waals surface area (Å²) in [4.78, 5) is 31.1. The summed E-state index contributed by atoms with van der Waals surface area (Å²) in [6.07, 6.45) is 5.42. The predicted octanol–water partition coefficient (Wildman–Crippen LogP) is 2.60. The smallest absolute Gasteiger partial charge is 0.292 e. The Morgan fingerprint density at radius 3 is 2.79 bits per heavy atom. The molecule has 28 heavy (non-hydrogen) atoms. The van der Waals surface area contributed by atoms with Crippen molar-refractivity contribution in [3.8, 4) is 5.82 Å². The van der Waals surface area contributed by atoms with E-state index >= 15 is 0 Å². The van der Waals surface area contributed by atoms with Gasteiger partial charge in [0.15, 0.2) is 0 Å². The van der Waals surface area contributed by atoms with E-state index in [1.807, 2.05) is 29.8 Å². The molecule has 0 saturated heterocycles. The first kappa shape index (κ1) is 19.0. The summed E-state index contributed by atoms with van der Waals surface area (Å²) < 4.78 is 1.86. The minimum absolute atomic E-state index is 0.0120. The Kier molecular flexibility index (Phi) is 5.95. The number of carbonyl (C=O) groups excluding carboxylic acids is 1. The molecule has 9 heteroatoms. The maximum absolute atomic E-state index is 12.1. The highest BCUT2D eigenvalue weighted by molar-refractivity contribution is 5.76. The third-order valence-electron chi connectivity index (χ3n) is 4.14. The minimum atomic E-state index is -0.453. The van der Waals surface area contributed by atoms with Gasteiger partial charge in [-0.1, -0.05) is 12.1 Å². The van der Waals surface area contributed by atoms with Crippen molar-refractivity contribution in [3.05, 3.63) is 76.5 Å². The normalized spacial score (nSPS) is 10.5. The second-order valence-corrected chi connectivity index (χ2v) is 6.09. The van der Waals surface area contributed by atoms with E-state index in [9.17, 15) is 14.9 Å². The van der Waals surface area contributed by atoms with Crippen LogP contribution in [0.25, 0.3) is 5.82 Å². The molecule has 0 unspecified atom stereocenters. The molecule has 1 aromatic carbocycles. The third kappa shape index (κ3) is 4.70. The molecule has 1 amide bonds. The number of hydrogen-bond acceptors (Lipinski definition) is 6. The molecule has 0 fully saturated rings. The van der Waals surface area contributed by atoms with Crippen LogP contribution in [-0.2, 0) is 11.3 Å². The molecule has 144 valence electrons. The fraction of sp³-hybridized carbons (Fsp3) is 0.211. The zero-order valence-corrected chi connectivity index (χ0v) is 15.3. The van der Waals surface area contributed by atoms with Gasteiger partial charge in [0.05, 0.1) is 4.92 Å². The molecule has 9 nitrogen and oxygen atoms in total. The van der Waals surface area contributed by atoms with Crippen molar-refractivity contribution in [1.29, 1.82) is 0 Å². The van der Waals surface area contributed by atoms with E-state index in [1.165, 1.54) is 6.07 Å². The zero-order chi connectivity index (χ0) is 19.9. The van der Waals surface area contributed by atoms with Crippen molar-refractivity contribution in [3.63, 3.8) is 0 Å². The topological polar surface area (TPSA) is 115 Å². The fourth-order valence-electron chi connectivity index (χ4n) is 2.70.